The number of hydrogen-bond donors (Lipinski definition) is 2. The molecular weight excluding hydrogens is 570 g/mol. The van der Waals surface area contributed by atoms with E-state index in [0.29, 0.717) is 24.0 Å². The zero-order valence-electron chi connectivity index (χ0n) is 26.8. The topological polar surface area (TPSA) is 102 Å². The van der Waals surface area contributed by atoms with Crippen molar-refractivity contribution in [3.05, 3.63) is 11.6 Å². The first-order valence-corrected chi connectivity index (χ1v) is 18.9. The molecule has 2 N–H and O–H groups in total. The van der Waals surface area contributed by atoms with Gasteiger partial charge in [0.1, 0.15) is 0 Å². The Balaban J connectivity index is 1.22. The van der Waals surface area contributed by atoms with E-state index in [1.165, 1.54) is 57.8 Å². The molecule has 242 valence electrons. The maximum atomic E-state index is 11.1. The van der Waals surface area contributed by atoms with Crippen LogP contribution in [0.4, 0.5) is 0 Å². The lowest BCUT2D eigenvalue weighted by Gasteiger charge is -2.58. The zero-order chi connectivity index (χ0) is 30.5. The van der Waals surface area contributed by atoms with Crippen LogP contribution in [0, 0.1) is 46.3 Å². The van der Waals surface area contributed by atoms with Gasteiger partial charge in [-0.15, -0.1) is 0 Å². The molecule has 2 unspecified atom stereocenters. The quantitative estimate of drug-likeness (QED) is 0.102. The Hall–Kier alpha value is -0.130. The van der Waals surface area contributed by atoms with E-state index in [4.69, 9.17) is 19.1 Å². The van der Waals surface area contributed by atoms with E-state index in [-0.39, 0.29) is 19.3 Å². The number of rotatable bonds is 16. The zero-order valence-corrected chi connectivity index (χ0v) is 28.7. The summed E-state index contributed by atoms with van der Waals surface area (Å²) in [6.45, 7) is 13.4. The summed E-state index contributed by atoms with van der Waals surface area (Å²) in [4.78, 5) is 9.08. The Kier molecular flexibility index (Phi) is 12.4. The molecule has 0 saturated heterocycles. The van der Waals surface area contributed by atoms with Crippen molar-refractivity contribution in [1.82, 2.24) is 0 Å². The lowest BCUT2D eigenvalue weighted by atomic mass is 9.47. The average molecular weight is 629 g/mol. The van der Waals surface area contributed by atoms with Crippen molar-refractivity contribution >= 4 is 16.5 Å². The molecule has 0 amide bonds. The highest BCUT2D eigenvalue weighted by Crippen LogP contribution is 2.67. The first-order chi connectivity index (χ1) is 19.9. The van der Waals surface area contributed by atoms with Crippen LogP contribution in [0.15, 0.2) is 11.6 Å². The van der Waals surface area contributed by atoms with Gasteiger partial charge in [0.15, 0.2) is 0 Å². The molecule has 0 aromatic carbocycles. The molecule has 0 heterocycles. The van der Waals surface area contributed by atoms with Gasteiger partial charge in [0.2, 0.25) is 21.6 Å². The van der Waals surface area contributed by atoms with Gasteiger partial charge in [0.05, 0.1) is 39.1 Å². The second-order valence-electron chi connectivity index (χ2n) is 14.9. The van der Waals surface area contributed by atoms with Crippen LogP contribution in [0.5, 0.6) is 0 Å². The highest BCUT2D eigenvalue weighted by Gasteiger charge is 2.59. The molecule has 7 nitrogen and oxygen atoms in total. The van der Waals surface area contributed by atoms with Crippen LogP contribution >= 0.6 is 16.5 Å². The summed E-state index contributed by atoms with van der Waals surface area (Å²) in [7, 11) is -4.19. The number of allylic oxidation sites excluding steroid dienone is 1. The second kappa shape index (κ2) is 15.0. The first kappa shape index (κ1) is 34.7. The van der Waals surface area contributed by atoms with Crippen molar-refractivity contribution in [3.63, 3.8) is 0 Å². The Morgan fingerprint density at radius 1 is 1.02 bits per heavy atom. The van der Waals surface area contributed by atoms with Gasteiger partial charge in [-0.25, -0.2) is 0 Å². The summed E-state index contributed by atoms with van der Waals surface area (Å²) in [5.74, 6) is 5.13. The number of aliphatic hydroxyl groups is 1. The van der Waals surface area contributed by atoms with Gasteiger partial charge in [-0.1, -0.05) is 65.5 Å². The SMILES string of the molecule is CC(C)CCC[C@@H](C)[C@H]1CC[C@H]2[C@@H]3CC=C4C[C@@H](OCCOCCOCC(O)(P=O)[PH](=O)O)CC[C@]4(C)[C@H]3CC[C@]12C. The van der Waals surface area contributed by atoms with E-state index in [1.54, 1.807) is 5.57 Å². The Morgan fingerprint density at radius 3 is 2.48 bits per heavy atom. The highest BCUT2D eigenvalue weighted by molar-refractivity contribution is 7.53. The largest absolute Gasteiger partial charge is 0.377 e. The molecule has 0 bridgehead atoms. The van der Waals surface area contributed by atoms with E-state index in [0.717, 1.165) is 48.3 Å². The number of hydrogen-bond acceptors (Lipinski definition) is 6. The average Bonchev–Trinajstić information content (AvgIpc) is 3.31. The summed E-state index contributed by atoms with van der Waals surface area (Å²) in [6, 6.07) is 0. The van der Waals surface area contributed by atoms with Gasteiger partial charge in [0, 0.05) is 0 Å². The maximum absolute atomic E-state index is 11.1. The Labute approximate surface area is 257 Å². The summed E-state index contributed by atoms with van der Waals surface area (Å²) >= 11 is 0. The predicted molar refractivity (Wildman–Crippen MR) is 168 cm³/mol. The van der Waals surface area contributed by atoms with Crippen LogP contribution in [-0.4, -0.2) is 54.2 Å². The summed E-state index contributed by atoms with van der Waals surface area (Å²) in [6.07, 6.45) is 17.3. The fourth-order valence-electron chi connectivity index (χ4n) is 9.63. The first-order valence-electron chi connectivity index (χ1n) is 16.7. The fraction of sp³-hybridized carbons (Fsp3) is 0.939. The standard InChI is InChI=1S/C33H58O7P2/c1-23(2)7-6-8-24(3)28-11-12-29-27-10-9-25-21-26(13-15-31(25,4)30(27)14-16-32(28,29)5)40-20-19-38-17-18-39-22-33(34,41-35)42(36)37/h9,23-24,26-30,34,42H,6-8,10-22H2,1-5H3,(H,36,37)/t24-,26+,27+,28-,29+,30+,31+,32-,33?/m1/s1. The van der Waals surface area contributed by atoms with Crippen LogP contribution in [0.2, 0.25) is 0 Å². The molecule has 42 heavy (non-hydrogen) atoms. The molecule has 3 saturated carbocycles. The van der Waals surface area contributed by atoms with Gasteiger partial charge >= 0.3 is 0 Å². The van der Waals surface area contributed by atoms with Crippen molar-refractivity contribution in [2.45, 2.75) is 116 Å². The predicted octanol–water partition coefficient (Wildman–Crippen LogP) is 7.85. The molecule has 0 aromatic heterocycles. The molecule has 3 fully saturated rings. The van der Waals surface area contributed by atoms with Crippen LogP contribution in [0.1, 0.15) is 105 Å². The van der Waals surface area contributed by atoms with Gasteiger partial charge in [-0.05, 0) is 97.7 Å². The monoisotopic (exact) mass is 628 g/mol. The number of fused-ring (bicyclic) bond motifs is 5. The molecule has 0 radical (unpaired) electrons. The highest BCUT2D eigenvalue weighted by atomic mass is 31.2. The number of ether oxygens (including phenoxy) is 3. The summed E-state index contributed by atoms with van der Waals surface area (Å²) in [5, 5.41) is 7.51. The molecule has 10 atom stereocenters. The third-order valence-corrected chi connectivity index (χ3v) is 14.1. The van der Waals surface area contributed by atoms with Crippen LogP contribution in [0.3, 0.4) is 0 Å². The van der Waals surface area contributed by atoms with Gasteiger partial charge < -0.3 is 24.2 Å². The summed E-state index contributed by atoms with van der Waals surface area (Å²) in [5.41, 5.74) is 2.49. The van der Waals surface area contributed by atoms with Crippen LogP contribution < -0.4 is 0 Å². The van der Waals surface area contributed by atoms with Crippen molar-refractivity contribution in [1.29, 1.82) is 0 Å². The third-order valence-electron chi connectivity index (χ3n) is 12.0. The molecule has 0 aliphatic heterocycles. The maximum Gasteiger partial charge on any atom is 0.241 e. The fourth-order valence-corrected chi connectivity index (χ4v) is 10.3. The van der Waals surface area contributed by atoms with E-state index in [1.807, 2.05) is 0 Å². The third kappa shape index (κ3) is 7.63. The van der Waals surface area contributed by atoms with E-state index in [2.05, 4.69) is 40.7 Å². The Bertz CT molecular complexity index is 959. The normalized spacial score (nSPS) is 37.4. The molecule has 9 heteroatoms. The van der Waals surface area contributed by atoms with E-state index >= 15 is 0 Å². The van der Waals surface area contributed by atoms with Gasteiger partial charge in [0.25, 0.3) is 0 Å². The summed E-state index contributed by atoms with van der Waals surface area (Å²) < 4.78 is 39.0. The minimum absolute atomic E-state index is 0.141. The minimum atomic E-state index is -3.38. The molecule has 4 aliphatic rings. The molecule has 0 spiro atoms. The van der Waals surface area contributed by atoms with Gasteiger partial charge in [-0.2, -0.15) is 0 Å². The van der Waals surface area contributed by atoms with E-state index < -0.39 is 28.2 Å². The van der Waals surface area contributed by atoms with Crippen molar-refractivity contribution in [2.24, 2.45) is 46.3 Å². The smallest absolute Gasteiger partial charge is 0.241 e. The van der Waals surface area contributed by atoms with Gasteiger partial charge in [-0.3, -0.25) is 9.13 Å². The van der Waals surface area contributed by atoms with E-state index in [9.17, 15) is 14.2 Å². The van der Waals surface area contributed by atoms with Crippen molar-refractivity contribution in [3.8, 4) is 0 Å². The second-order valence-corrected chi connectivity index (χ2v) is 17.7. The molecular formula is C33H58O7P2. The lowest BCUT2D eigenvalue weighted by molar-refractivity contribution is -0.0692. The van der Waals surface area contributed by atoms with Crippen molar-refractivity contribution in [2.75, 3.05) is 33.0 Å². The van der Waals surface area contributed by atoms with Crippen molar-refractivity contribution < 1.29 is 33.3 Å². The van der Waals surface area contributed by atoms with Crippen LogP contribution in [0.25, 0.3) is 0 Å². The molecule has 0 aromatic rings. The van der Waals surface area contributed by atoms with Crippen LogP contribution in [-0.2, 0) is 23.3 Å². The minimum Gasteiger partial charge on any atom is -0.377 e. The lowest BCUT2D eigenvalue weighted by Crippen LogP contribution is -2.51. The Morgan fingerprint density at radius 2 is 1.76 bits per heavy atom. The molecule has 4 rings (SSSR count). The molecule has 4 aliphatic carbocycles.